The molecule has 0 saturated carbocycles. The van der Waals surface area contributed by atoms with Crippen molar-refractivity contribution in [3.05, 3.63) is 98.4 Å². The maximum absolute atomic E-state index is 14.9. The fourth-order valence-corrected chi connectivity index (χ4v) is 4.85. The maximum atomic E-state index is 14.9. The Bertz CT molecular complexity index is 1780. The number of pyridine rings is 2. The average molecular weight is 596 g/mol. The van der Waals surface area contributed by atoms with Gasteiger partial charge < -0.3 is 10.6 Å². The number of benzene rings is 2. The van der Waals surface area contributed by atoms with Gasteiger partial charge in [0.15, 0.2) is 5.82 Å². The molecule has 3 heterocycles. The van der Waals surface area contributed by atoms with E-state index in [4.69, 9.17) is 34.8 Å². The van der Waals surface area contributed by atoms with Gasteiger partial charge in [-0.3, -0.25) is 9.97 Å². The number of hydrogen-bond donors (Lipinski definition) is 2. The number of nitrogens with zero attached hydrogens (tertiary/aromatic N) is 6. The molecule has 0 amide bonds. The molecule has 40 heavy (non-hydrogen) atoms. The molecule has 0 saturated heterocycles. The second-order valence-corrected chi connectivity index (χ2v) is 10.5. The lowest BCUT2D eigenvalue weighted by Crippen LogP contribution is -2.15. The zero-order valence-corrected chi connectivity index (χ0v) is 23.8. The van der Waals surface area contributed by atoms with E-state index >= 15 is 0 Å². The molecule has 2 N–H and O–H groups in total. The topological polar surface area (TPSA) is 104 Å². The predicted octanol–water partition coefficient (Wildman–Crippen LogP) is 8.03. The van der Waals surface area contributed by atoms with Crippen LogP contribution in [0.15, 0.2) is 55.0 Å². The van der Waals surface area contributed by atoms with E-state index in [1.54, 1.807) is 23.0 Å². The molecule has 5 rings (SSSR count). The van der Waals surface area contributed by atoms with Crippen molar-refractivity contribution in [2.75, 3.05) is 10.6 Å². The monoisotopic (exact) mass is 594 g/mol. The fraction of sp³-hybridized carbons (Fsp3) is 0.179. The van der Waals surface area contributed by atoms with Gasteiger partial charge in [0, 0.05) is 40.8 Å². The SMILES string of the molecule is Cc1ncccc1C(Nc1cc(Cl)c2ncc(C#N)c(Nc3ccc(Cl)c(Cl)c3F)c2c1)c1cn(C(C)C)nn1. The largest absolute Gasteiger partial charge is 0.373 e. The van der Waals surface area contributed by atoms with Crippen molar-refractivity contribution in [1.29, 1.82) is 5.26 Å². The third-order valence-electron chi connectivity index (χ3n) is 6.36. The van der Waals surface area contributed by atoms with Gasteiger partial charge in [-0.15, -0.1) is 5.10 Å². The van der Waals surface area contributed by atoms with Crippen molar-refractivity contribution >= 4 is 62.8 Å². The lowest BCUT2D eigenvalue weighted by atomic mass is 10.0. The summed E-state index contributed by atoms with van der Waals surface area (Å²) in [7, 11) is 0. The van der Waals surface area contributed by atoms with Crippen LogP contribution in [-0.4, -0.2) is 25.0 Å². The van der Waals surface area contributed by atoms with Gasteiger partial charge in [-0.1, -0.05) is 46.1 Å². The molecule has 0 bridgehead atoms. The highest BCUT2D eigenvalue weighted by molar-refractivity contribution is 6.42. The summed E-state index contributed by atoms with van der Waals surface area (Å²) in [5.41, 5.74) is 3.98. The van der Waals surface area contributed by atoms with Crippen molar-refractivity contribution in [3.8, 4) is 6.07 Å². The minimum absolute atomic E-state index is 0.0436. The molecule has 12 heteroatoms. The number of anilines is 3. The molecule has 3 aromatic heterocycles. The Kier molecular flexibility index (Phi) is 7.76. The third-order valence-corrected chi connectivity index (χ3v) is 7.43. The van der Waals surface area contributed by atoms with Crippen LogP contribution in [0.3, 0.4) is 0 Å². The first-order valence-corrected chi connectivity index (χ1v) is 13.3. The second-order valence-electron chi connectivity index (χ2n) is 9.33. The normalized spacial score (nSPS) is 12.0. The highest BCUT2D eigenvalue weighted by Gasteiger charge is 2.23. The molecule has 2 aromatic carbocycles. The van der Waals surface area contributed by atoms with Crippen molar-refractivity contribution in [2.24, 2.45) is 0 Å². The first-order chi connectivity index (χ1) is 19.2. The molecule has 0 spiro atoms. The van der Waals surface area contributed by atoms with E-state index < -0.39 is 11.9 Å². The maximum Gasteiger partial charge on any atom is 0.166 e. The number of halogens is 4. The third kappa shape index (κ3) is 5.26. The van der Waals surface area contributed by atoms with Crippen molar-refractivity contribution in [1.82, 2.24) is 25.0 Å². The van der Waals surface area contributed by atoms with E-state index in [0.29, 0.717) is 33.0 Å². The molecule has 202 valence electrons. The van der Waals surface area contributed by atoms with Gasteiger partial charge in [-0.05, 0) is 51.1 Å². The number of aryl methyl sites for hydroxylation is 1. The molecule has 0 aliphatic carbocycles. The van der Waals surface area contributed by atoms with Crippen molar-refractivity contribution < 1.29 is 4.39 Å². The zero-order valence-electron chi connectivity index (χ0n) is 21.5. The Morgan fingerprint density at radius 1 is 1.07 bits per heavy atom. The van der Waals surface area contributed by atoms with Crippen LogP contribution >= 0.6 is 34.8 Å². The van der Waals surface area contributed by atoms with E-state index in [0.717, 1.165) is 11.3 Å². The van der Waals surface area contributed by atoms with Gasteiger partial charge in [0.25, 0.3) is 0 Å². The van der Waals surface area contributed by atoms with Gasteiger partial charge in [-0.2, -0.15) is 5.26 Å². The number of fused-ring (bicyclic) bond motifs is 1. The van der Waals surface area contributed by atoms with E-state index in [1.165, 1.54) is 18.3 Å². The zero-order chi connectivity index (χ0) is 28.6. The molecule has 1 unspecified atom stereocenters. The smallest absolute Gasteiger partial charge is 0.166 e. The number of nitriles is 1. The number of hydrogen-bond acceptors (Lipinski definition) is 7. The quantitative estimate of drug-likeness (QED) is 0.184. The predicted molar refractivity (Wildman–Crippen MR) is 156 cm³/mol. The molecular weight excluding hydrogens is 574 g/mol. The number of rotatable bonds is 7. The summed E-state index contributed by atoms with van der Waals surface area (Å²) in [6.07, 6.45) is 4.99. The lowest BCUT2D eigenvalue weighted by molar-refractivity contribution is 0.514. The van der Waals surface area contributed by atoms with E-state index in [9.17, 15) is 9.65 Å². The molecule has 5 aromatic rings. The first kappa shape index (κ1) is 27.6. The van der Waals surface area contributed by atoms with Gasteiger partial charge in [-0.25, -0.2) is 9.07 Å². The number of nitrogens with one attached hydrogen (secondary N) is 2. The Hall–Kier alpha value is -3.97. The van der Waals surface area contributed by atoms with Crippen LogP contribution in [0.5, 0.6) is 0 Å². The van der Waals surface area contributed by atoms with Crippen molar-refractivity contribution in [2.45, 2.75) is 32.9 Å². The van der Waals surface area contributed by atoms with Crippen LogP contribution in [0, 0.1) is 24.1 Å². The van der Waals surface area contributed by atoms with Crippen LogP contribution in [0.4, 0.5) is 21.5 Å². The van der Waals surface area contributed by atoms with Crippen LogP contribution < -0.4 is 10.6 Å². The fourth-order valence-electron chi connectivity index (χ4n) is 4.27. The summed E-state index contributed by atoms with van der Waals surface area (Å²) >= 11 is 18.7. The average Bonchev–Trinajstić information content (AvgIpc) is 3.43. The molecular formula is C28H22Cl3FN8. The van der Waals surface area contributed by atoms with Crippen LogP contribution in [0.2, 0.25) is 15.1 Å². The molecule has 8 nitrogen and oxygen atoms in total. The molecule has 0 aliphatic heterocycles. The number of aromatic nitrogens is 5. The Balaban J connectivity index is 1.64. The Morgan fingerprint density at radius 2 is 1.88 bits per heavy atom. The van der Waals surface area contributed by atoms with Gasteiger partial charge in [0.05, 0.1) is 49.8 Å². The van der Waals surface area contributed by atoms with Gasteiger partial charge in [0.1, 0.15) is 11.8 Å². The molecule has 0 radical (unpaired) electrons. The summed E-state index contributed by atoms with van der Waals surface area (Å²) in [5, 5.41) is 25.7. The summed E-state index contributed by atoms with van der Waals surface area (Å²) in [5.74, 6) is -0.747. The van der Waals surface area contributed by atoms with E-state index in [1.807, 2.05) is 39.1 Å². The highest BCUT2D eigenvalue weighted by Crippen LogP contribution is 2.38. The first-order valence-electron chi connectivity index (χ1n) is 12.2. The highest BCUT2D eigenvalue weighted by atomic mass is 35.5. The standard InChI is InChI=1S/C28H22Cl3FN8/c1-14(2)40-13-23(38-39-40)28(18-5-4-8-34-15(18)3)36-17-9-19-26(16(11-33)12-35-27(19)21(30)10-17)37-22-7-6-20(29)24(31)25(22)32/h4-10,12-14,28,36H,1-3H3,(H,35,37). The minimum atomic E-state index is -0.747. The van der Waals surface area contributed by atoms with E-state index in [2.05, 4.69) is 37.0 Å². The minimum Gasteiger partial charge on any atom is -0.373 e. The van der Waals surface area contributed by atoms with E-state index in [-0.39, 0.29) is 27.3 Å². The summed E-state index contributed by atoms with van der Waals surface area (Å²) < 4.78 is 16.7. The van der Waals surface area contributed by atoms with Crippen LogP contribution in [0.25, 0.3) is 10.9 Å². The lowest BCUT2D eigenvalue weighted by Gasteiger charge is -2.21. The Labute approximate surface area is 244 Å². The molecule has 1 atom stereocenters. The van der Waals surface area contributed by atoms with Crippen molar-refractivity contribution in [3.63, 3.8) is 0 Å². The van der Waals surface area contributed by atoms with Crippen LogP contribution in [0.1, 0.15) is 48.4 Å². The summed E-state index contributed by atoms with van der Waals surface area (Å²) in [4.78, 5) is 8.83. The Morgan fingerprint density at radius 3 is 2.58 bits per heavy atom. The van der Waals surface area contributed by atoms with Gasteiger partial charge in [0.2, 0.25) is 0 Å². The van der Waals surface area contributed by atoms with Crippen LogP contribution in [-0.2, 0) is 0 Å². The van der Waals surface area contributed by atoms with Gasteiger partial charge >= 0.3 is 0 Å². The second kappa shape index (κ2) is 11.3. The summed E-state index contributed by atoms with van der Waals surface area (Å²) in [6, 6.07) is 12.1. The molecule has 0 fully saturated rings. The molecule has 0 aliphatic rings. The summed E-state index contributed by atoms with van der Waals surface area (Å²) in [6.45, 7) is 5.95.